The Morgan fingerprint density at radius 3 is 3.00 bits per heavy atom. The van der Waals surface area contributed by atoms with E-state index < -0.39 is 0 Å². The monoisotopic (exact) mass is 252 g/mol. The molecule has 1 atom stereocenters. The molecule has 6 nitrogen and oxygen atoms in total. The van der Waals surface area contributed by atoms with Gasteiger partial charge in [0.25, 0.3) is 5.91 Å². The maximum absolute atomic E-state index is 11.8. The SMILES string of the molecule is CCn1cc(C(=O)NCC2CC(C)(C)CO2)nn1. The first kappa shape index (κ1) is 13.0. The Hall–Kier alpha value is -1.43. The summed E-state index contributed by atoms with van der Waals surface area (Å²) in [4.78, 5) is 11.8. The van der Waals surface area contributed by atoms with Crippen LogP contribution in [0.2, 0.25) is 0 Å². The number of nitrogens with one attached hydrogen (secondary N) is 1. The zero-order chi connectivity index (χ0) is 13.2. The van der Waals surface area contributed by atoms with Gasteiger partial charge < -0.3 is 10.1 Å². The lowest BCUT2D eigenvalue weighted by molar-refractivity contribution is 0.0828. The van der Waals surface area contributed by atoms with E-state index in [4.69, 9.17) is 4.74 Å². The van der Waals surface area contributed by atoms with Crippen LogP contribution in [0.25, 0.3) is 0 Å². The summed E-state index contributed by atoms with van der Waals surface area (Å²) in [5, 5.41) is 10.5. The molecule has 0 aliphatic carbocycles. The number of carbonyl (C=O) groups excluding carboxylic acids is 1. The molecule has 6 heteroatoms. The zero-order valence-electron chi connectivity index (χ0n) is 11.1. The highest BCUT2D eigenvalue weighted by Gasteiger charge is 2.32. The Bertz CT molecular complexity index is 427. The standard InChI is InChI=1S/C12H20N4O2/c1-4-16-7-10(14-15-16)11(17)13-6-9-5-12(2,3)8-18-9/h7,9H,4-6,8H2,1-3H3,(H,13,17). The molecule has 1 saturated heterocycles. The van der Waals surface area contributed by atoms with Crippen LogP contribution in [0, 0.1) is 5.41 Å². The molecule has 100 valence electrons. The minimum Gasteiger partial charge on any atom is -0.376 e. The second-order valence-corrected chi connectivity index (χ2v) is 5.47. The predicted molar refractivity (Wildman–Crippen MR) is 66.2 cm³/mol. The summed E-state index contributed by atoms with van der Waals surface area (Å²) < 4.78 is 7.25. The maximum atomic E-state index is 11.8. The zero-order valence-corrected chi connectivity index (χ0v) is 11.1. The Balaban J connectivity index is 1.82. The molecule has 0 radical (unpaired) electrons. The number of nitrogens with zero attached hydrogens (tertiary/aromatic N) is 3. The molecule has 18 heavy (non-hydrogen) atoms. The lowest BCUT2D eigenvalue weighted by Gasteiger charge is -2.13. The smallest absolute Gasteiger partial charge is 0.273 e. The molecule has 0 bridgehead atoms. The van der Waals surface area contributed by atoms with E-state index in [0.717, 1.165) is 13.0 Å². The van der Waals surface area contributed by atoms with E-state index in [1.807, 2.05) is 6.92 Å². The average Bonchev–Trinajstić information content (AvgIpc) is 2.92. The van der Waals surface area contributed by atoms with Crippen LogP contribution in [0.4, 0.5) is 0 Å². The largest absolute Gasteiger partial charge is 0.376 e. The van der Waals surface area contributed by atoms with Crippen molar-refractivity contribution >= 4 is 5.91 Å². The second kappa shape index (κ2) is 5.06. The van der Waals surface area contributed by atoms with E-state index in [-0.39, 0.29) is 17.4 Å². The summed E-state index contributed by atoms with van der Waals surface area (Å²) in [7, 11) is 0. The number of rotatable bonds is 4. The molecule has 2 rings (SSSR count). The molecule has 1 unspecified atom stereocenters. The van der Waals surface area contributed by atoms with Gasteiger partial charge in [0, 0.05) is 13.1 Å². The molecule has 1 fully saturated rings. The van der Waals surface area contributed by atoms with E-state index >= 15 is 0 Å². The van der Waals surface area contributed by atoms with Gasteiger partial charge in [0.2, 0.25) is 0 Å². The van der Waals surface area contributed by atoms with E-state index in [2.05, 4.69) is 29.5 Å². The Labute approximate surface area is 107 Å². The minimum atomic E-state index is -0.192. The van der Waals surface area contributed by atoms with Crippen LogP contribution in [-0.2, 0) is 11.3 Å². The molecule has 0 saturated carbocycles. The van der Waals surface area contributed by atoms with Crippen LogP contribution in [-0.4, -0.2) is 40.2 Å². The van der Waals surface area contributed by atoms with Crippen molar-refractivity contribution in [1.29, 1.82) is 0 Å². The minimum absolute atomic E-state index is 0.102. The summed E-state index contributed by atoms with van der Waals surface area (Å²) in [6.07, 6.45) is 2.72. The van der Waals surface area contributed by atoms with Crippen molar-refractivity contribution in [3.63, 3.8) is 0 Å². The van der Waals surface area contributed by atoms with Gasteiger partial charge in [-0.25, -0.2) is 0 Å². The maximum Gasteiger partial charge on any atom is 0.273 e. The quantitative estimate of drug-likeness (QED) is 0.862. The molecule has 1 aromatic heterocycles. The van der Waals surface area contributed by atoms with E-state index in [9.17, 15) is 4.79 Å². The van der Waals surface area contributed by atoms with Crippen molar-refractivity contribution in [2.45, 2.75) is 39.8 Å². The summed E-state index contributed by atoms with van der Waals surface area (Å²) >= 11 is 0. The molecular weight excluding hydrogens is 232 g/mol. The van der Waals surface area contributed by atoms with Crippen molar-refractivity contribution in [2.24, 2.45) is 5.41 Å². The lowest BCUT2D eigenvalue weighted by Crippen LogP contribution is -2.32. The molecule has 0 spiro atoms. The fourth-order valence-corrected chi connectivity index (χ4v) is 2.06. The normalized spacial score (nSPS) is 22.1. The van der Waals surface area contributed by atoms with Crippen LogP contribution < -0.4 is 5.32 Å². The fraction of sp³-hybridized carbons (Fsp3) is 0.750. The summed E-state index contributed by atoms with van der Waals surface area (Å²) in [5.74, 6) is -0.192. The highest BCUT2D eigenvalue weighted by atomic mass is 16.5. The first-order chi connectivity index (χ1) is 8.50. The van der Waals surface area contributed by atoms with Crippen LogP contribution in [0.3, 0.4) is 0 Å². The van der Waals surface area contributed by atoms with Crippen molar-refractivity contribution < 1.29 is 9.53 Å². The van der Waals surface area contributed by atoms with Crippen LogP contribution in [0.5, 0.6) is 0 Å². The Morgan fingerprint density at radius 1 is 1.67 bits per heavy atom. The number of amides is 1. The third-order valence-electron chi connectivity index (χ3n) is 3.08. The highest BCUT2D eigenvalue weighted by Crippen LogP contribution is 2.30. The predicted octanol–water partition coefficient (Wildman–Crippen LogP) is 0.843. The molecule has 0 aromatic carbocycles. The van der Waals surface area contributed by atoms with Crippen molar-refractivity contribution in [3.8, 4) is 0 Å². The van der Waals surface area contributed by atoms with Gasteiger partial charge in [0.1, 0.15) is 0 Å². The number of ether oxygens (including phenoxy) is 1. The first-order valence-corrected chi connectivity index (χ1v) is 6.30. The van der Waals surface area contributed by atoms with Crippen LogP contribution >= 0.6 is 0 Å². The number of aromatic nitrogens is 3. The second-order valence-electron chi connectivity index (χ2n) is 5.47. The Kier molecular flexibility index (Phi) is 3.65. The summed E-state index contributed by atoms with van der Waals surface area (Å²) in [6.45, 7) is 8.27. The van der Waals surface area contributed by atoms with Gasteiger partial charge in [0.05, 0.1) is 18.9 Å². The first-order valence-electron chi connectivity index (χ1n) is 6.30. The van der Waals surface area contributed by atoms with Gasteiger partial charge in [-0.05, 0) is 18.8 Å². The molecule has 1 aliphatic rings. The molecule has 1 aromatic rings. The highest BCUT2D eigenvalue weighted by molar-refractivity contribution is 5.91. The molecule has 1 N–H and O–H groups in total. The van der Waals surface area contributed by atoms with Gasteiger partial charge in [-0.15, -0.1) is 5.10 Å². The summed E-state index contributed by atoms with van der Waals surface area (Å²) in [6, 6.07) is 0. The number of hydrogen-bond donors (Lipinski definition) is 1. The van der Waals surface area contributed by atoms with Gasteiger partial charge in [-0.3, -0.25) is 9.48 Å². The number of aryl methyl sites for hydroxylation is 1. The molecule has 1 amide bonds. The average molecular weight is 252 g/mol. The molecule has 2 heterocycles. The van der Waals surface area contributed by atoms with E-state index in [0.29, 0.717) is 18.8 Å². The Morgan fingerprint density at radius 2 is 2.44 bits per heavy atom. The molecule has 1 aliphatic heterocycles. The fourth-order valence-electron chi connectivity index (χ4n) is 2.06. The third kappa shape index (κ3) is 3.07. The van der Waals surface area contributed by atoms with Gasteiger partial charge in [-0.2, -0.15) is 0 Å². The summed E-state index contributed by atoms with van der Waals surface area (Å²) in [5.41, 5.74) is 0.565. The van der Waals surface area contributed by atoms with Crippen molar-refractivity contribution in [3.05, 3.63) is 11.9 Å². The third-order valence-corrected chi connectivity index (χ3v) is 3.08. The number of hydrogen-bond acceptors (Lipinski definition) is 4. The molecular formula is C12H20N4O2. The van der Waals surface area contributed by atoms with Crippen molar-refractivity contribution in [1.82, 2.24) is 20.3 Å². The van der Waals surface area contributed by atoms with Crippen molar-refractivity contribution in [2.75, 3.05) is 13.2 Å². The van der Waals surface area contributed by atoms with Crippen LogP contribution in [0.1, 0.15) is 37.7 Å². The topological polar surface area (TPSA) is 69.0 Å². The van der Waals surface area contributed by atoms with Gasteiger partial charge in [-0.1, -0.05) is 19.1 Å². The lowest BCUT2D eigenvalue weighted by atomic mass is 9.91. The number of carbonyl (C=O) groups is 1. The van der Waals surface area contributed by atoms with Gasteiger partial charge in [0.15, 0.2) is 5.69 Å². The van der Waals surface area contributed by atoms with Gasteiger partial charge >= 0.3 is 0 Å². The van der Waals surface area contributed by atoms with E-state index in [1.165, 1.54) is 0 Å². The van der Waals surface area contributed by atoms with E-state index in [1.54, 1.807) is 10.9 Å². The van der Waals surface area contributed by atoms with Crippen LogP contribution in [0.15, 0.2) is 6.20 Å².